The molecule has 1 fully saturated rings. The van der Waals surface area contributed by atoms with Crippen LogP contribution in [0.5, 0.6) is 0 Å². The predicted molar refractivity (Wildman–Crippen MR) is 137 cm³/mol. The van der Waals surface area contributed by atoms with E-state index in [0.717, 1.165) is 36.7 Å². The van der Waals surface area contributed by atoms with E-state index in [1.165, 1.54) is 18.4 Å². The van der Waals surface area contributed by atoms with Gasteiger partial charge in [0.1, 0.15) is 11.2 Å². The minimum atomic E-state index is -0.214. The van der Waals surface area contributed by atoms with Crippen LogP contribution in [0.25, 0.3) is 16.9 Å². The number of rotatable bonds is 7. The normalized spacial score (nSPS) is 14.0. The molecule has 1 aliphatic heterocycles. The Hall–Kier alpha value is -3.78. The van der Waals surface area contributed by atoms with Gasteiger partial charge in [-0.3, -0.25) is 19.1 Å². The Balaban J connectivity index is 1.27. The van der Waals surface area contributed by atoms with Crippen LogP contribution in [0.1, 0.15) is 36.2 Å². The summed E-state index contributed by atoms with van der Waals surface area (Å²) in [6.45, 7) is 5.14. The molecule has 0 aliphatic carbocycles. The molecule has 0 atom stereocenters. The third-order valence-corrected chi connectivity index (χ3v) is 6.55. The van der Waals surface area contributed by atoms with Gasteiger partial charge in [-0.1, -0.05) is 30.3 Å². The summed E-state index contributed by atoms with van der Waals surface area (Å²) >= 11 is 0. The van der Waals surface area contributed by atoms with Crippen LogP contribution in [0.15, 0.2) is 59.4 Å². The van der Waals surface area contributed by atoms with Crippen LogP contribution in [0.2, 0.25) is 0 Å². The first-order chi connectivity index (χ1) is 17.0. The number of anilines is 1. The Kier molecular flexibility index (Phi) is 6.46. The standard InChI is InChI=1S/C27H30N6O2/c1-19-25-26(33(30-19)22-8-4-3-5-9-22)31(2)27(35)23(29-25)14-15-24(34)28-21-12-10-20(11-13-21)18-32-16-6-7-17-32/h3-5,8-13H,6-7,14-18H2,1-2H3,(H,28,34). The average molecular weight is 471 g/mol. The number of hydrogen-bond donors (Lipinski definition) is 1. The Bertz CT molecular complexity index is 1400. The molecule has 2 aromatic carbocycles. The van der Waals surface area contributed by atoms with Crippen LogP contribution in [0, 0.1) is 6.92 Å². The lowest BCUT2D eigenvalue weighted by Crippen LogP contribution is -2.25. The summed E-state index contributed by atoms with van der Waals surface area (Å²) < 4.78 is 3.31. The minimum Gasteiger partial charge on any atom is -0.326 e. The molecule has 180 valence electrons. The van der Waals surface area contributed by atoms with Crippen molar-refractivity contribution < 1.29 is 4.79 Å². The predicted octanol–water partition coefficient (Wildman–Crippen LogP) is 3.59. The van der Waals surface area contributed by atoms with Crippen LogP contribution in [-0.4, -0.2) is 43.2 Å². The summed E-state index contributed by atoms with van der Waals surface area (Å²) in [6, 6.07) is 17.7. The fourth-order valence-corrected chi connectivity index (χ4v) is 4.67. The molecule has 35 heavy (non-hydrogen) atoms. The van der Waals surface area contributed by atoms with E-state index in [-0.39, 0.29) is 24.3 Å². The molecule has 8 nitrogen and oxygen atoms in total. The molecule has 1 aliphatic rings. The molecule has 4 aromatic rings. The molecular formula is C27H30N6O2. The molecule has 1 saturated heterocycles. The lowest BCUT2D eigenvalue weighted by Gasteiger charge is -2.14. The molecule has 8 heteroatoms. The van der Waals surface area contributed by atoms with Crippen molar-refractivity contribution in [2.45, 2.75) is 39.2 Å². The fraction of sp³-hybridized carbons (Fsp3) is 0.333. The van der Waals surface area contributed by atoms with Crippen molar-refractivity contribution in [3.63, 3.8) is 0 Å². The van der Waals surface area contributed by atoms with Crippen molar-refractivity contribution in [2.24, 2.45) is 7.05 Å². The molecule has 0 unspecified atom stereocenters. The van der Waals surface area contributed by atoms with Crippen molar-refractivity contribution in [2.75, 3.05) is 18.4 Å². The smallest absolute Gasteiger partial charge is 0.273 e. The van der Waals surface area contributed by atoms with Gasteiger partial charge in [-0.15, -0.1) is 0 Å². The number of carbonyl (C=O) groups excluding carboxylic acids is 1. The number of carbonyl (C=O) groups is 1. The number of aryl methyl sites for hydroxylation is 3. The summed E-state index contributed by atoms with van der Waals surface area (Å²) in [6.07, 6.45) is 2.98. The van der Waals surface area contributed by atoms with Crippen molar-refractivity contribution in [1.82, 2.24) is 24.2 Å². The minimum absolute atomic E-state index is 0.141. The summed E-state index contributed by atoms with van der Waals surface area (Å²) in [4.78, 5) is 32.7. The third-order valence-electron chi connectivity index (χ3n) is 6.55. The highest BCUT2D eigenvalue weighted by atomic mass is 16.1. The topological polar surface area (TPSA) is 85.1 Å². The van der Waals surface area contributed by atoms with Gasteiger partial charge in [0.15, 0.2) is 5.65 Å². The van der Waals surface area contributed by atoms with E-state index in [1.54, 1.807) is 16.3 Å². The molecule has 0 spiro atoms. The Morgan fingerprint density at radius 2 is 1.74 bits per heavy atom. The number of nitrogens with one attached hydrogen (secondary N) is 1. The van der Waals surface area contributed by atoms with E-state index in [0.29, 0.717) is 16.9 Å². The number of likely N-dealkylation sites (tertiary alicyclic amines) is 1. The Morgan fingerprint density at radius 1 is 1.03 bits per heavy atom. The molecule has 2 aromatic heterocycles. The summed E-state index contributed by atoms with van der Waals surface area (Å²) in [7, 11) is 1.72. The average Bonchev–Trinajstić information content (AvgIpc) is 3.50. The van der Waals surface area contributed by atoms with Gasteiger partial charge in [0.25, 0.3) is 5.56 Å². The molecule has 1 N–H and O–H groups in total. The number of hydrogen-bond acceptors (Lipinski definition) is 5. The van der Waals surface area contributed by atoms with Crippen LogP contribution >= 0.6 is 0 Å². The first kappa shape index (κ1) is 23.0. The van der Waals surface area contributed by atoms with Gasteiger partial charge in [-0.05, 0) is 62.7 Å². The molecule has 1 amide bonds. The van der Waals surface area contributed by atoms with Crippen molar-refractivity contribution in [3.8, 4) is 5.69 Å². The maximum atomic E-state index is 13.0. The summed E-state index contributed by atoms with van der Waals surface area (Å²) in [5, 5.41) is 7.54. The van der Waals surface area contributed by atoms with Gasteiger partial charge >= 0.3 is 0 Å². The zero-order valence-electron chi connectivity index (χ0n) is 20.2. The lowest BCUT2D eigenvalue weighted by atomic mass is 10.2. The van der Waals surface area contributed by atoms with E-state index in [4.69, 9.17) is 0 Å². The zero-order valence-corrected chi connectivity index (χ0v) is 20.2. The first-order valence-electron chi connectivity index (χ1n) is 12.1. The van der Waals surface area contributed by atoms with Gasteiger partial charge < -0.3 is 5.32 Å². The van der Waals surface area contributed by atoms with E-state index in [9.17, 15) is 9.59 Å². The van der Waals surface area contributed by atoms with Gasteiger partial charge in [0.2, 0.25) is 5.91 Å². The number of nitrogens with zero attached hydrogens (tertiary/aromatic N) is 5. The Morgan fingerprint density at radius 3 is 2.46 bits per heavy atom. The molecule has 0 radical (unpaired) electrons. The number of amides is 1. The van der Waals surface area contributed by atoms with E-state index in [2.05, 4.69) is 32.4 Å². The van der Waals surface area contributed by atoms with Crippen molar-refractivity contribution in [3.05, 3.63) is 81.9 Å². The largest absolute Gasteiger partial charge is 0.326 e. The number of para-hydroxylation sites is 1. The third kappa shape index (κ3) is 4.88. The van der Waals surface area contributed by atoms with Crippen LogP contribution in [0.3, 0.4) is 0 Å². The van der Waals surface area contributed by atoms with Gasteiger partial charge in [-0.2, -0.15) is 5.10 Å². The number of benzene rings is 2. The second-order valence-corrected chi connectivity index (χ2v) is 9.16. The van der Waals surface area contributed by atoms with E-state index >= 15 is 0 Å². The lowest BCUT2D eigenvalue weighted by molar-refractivity contribution is -0.116. The fourth-order valence-electron chi connectivity index (χ4n) is 4.67. The Labute approximate surface area is 204 Å². The highest BCUT2D eigenvalue weighted by Gasteiger charge is 2.18. The molecule has 0 saturated carbocycles. The highest BCUT2D eigenvalue weighted by molar-refractivity contribution is 5.90. The molecular weight excluding hydrogens is 440 g/mol. The van der Waals surface area contributed by atoms with E-state index in [1.807, 2.05) is 49.4 Å². The second-order valence-electron chi connectivity index (χ2n) is 9.16. The van der Waals surface area contributed by atoms with E-state index < -0.39 is 0 Å². The maximum Gasteiger partial charge on any atom is 0.273 e. The van der Waals surface area contributed by atoms with Crippen LogP contribution in [0.4, 0.5) is 5.69 Å². The number of fused-ring (bicyclic) bond motifs is 1. The monoisotopic (exact) mass is 470 g/mol. The van der Waals surface area contributed by atoms with Gasteiger partial charge in [-0.25, -0.2) is 9.67 Å². The number of aromatic nitrogens is 4. The molecule has 5 rings (SSSR count). The summed E-state index contributed by atoms with van der Waals surface area (Å²) in [5.74, 6) is -0.141. The highest BCUT2D eigenvalue weighted by Crippen LogP contribution is 2.19. The first-order valence-corrected chi connectivity index (χ1v) is 12.1. The molecule has 3 heterocycles. The van der Waals surface area contributed by atoms with Gasteiger partial charge in [0, 0.05) is 32.1 Å². The SMILES string of the molecule is Cc1nn(-c2ccccc2)c2c1nc(CCC(=O)Nc1ccc(CN3CCCC3)cc1)c(=O)n2C. The van der Waals surface area contributed by atoms with Crippen molar-refractivity contribution >= 4 is 22.8 Å². The van der Waals surface area contributed by atoms with Crippen molar-refractivity contribution in [1.29, 1.82) is 0 Å². The molecule has 0 bridgehead atoms. The second kappa shape index (κ2) is 9.84. The van der Waals surface area contributed by atoms with Crippen LogP contribution in [-0.2, 0) is 24.8 Å². The van der Waals surface area contributed by atoms with Gasteiger partial charge in [0.05, 0.1) is 11.4 Å². The van der Waals surface area contributed by atoms with Crippen LogP contribution < -0.4 is 10.9 Å². The quantitative estimate of drug-likeness (QED) is 0.446. The maximum absolute atomic E-state index is 13.0. The summed E-state index contributed by atoms with van der Waals surface area (Å²) in [5.41, 5.74) is 5.07. The zero-order chi connectivity index (χ0) is 24.4.